The summed E-state index contributed by atoms with van der Waals surface area (Å²) in [6, 6.07) is 16.1. The number of aromatic nitrogens is 1. The largest absolute Gasteiger partial charge is 0.496 e. The lowest BCUT2D eigenvalue weighted by molar-refractivity contribution is 0.0424. The zero-order chi connectivity index (χ0) is 28.3. The number of pyridine rings is 1. The lowest BCUT2D eigenvalue weighted by Crippen LogP contribution is -2.46. The molecule has 2 aromatic carbocycles. The van der Waals surface area contributed by atoms with Crippen molar-refractivity contribution in [1.82, 2.24) is 14.6 Å². The highest BCUT2D eigenvalue weighted by Gasteiger charge is 2.46. The summed E-state index contributed by atoms with van der Waals surface area (Å²) in [6.45, 7) is 0.802. The molecule has 0 bridgehead atoms. The molecule has 0 radical (unpaired) electrons. The van der Waals surface area contributed by atoms with Crippen LogP contribution >= 0.6 is 0 Å². The molecular weight excluding hydrogens is 534 g/mol. The fraction of sp³-hybridized carbons (Fsp3) is 0.414. The van der Waals surface area contributed by atoms with E-state index in [0.717, 1.165) is 16.7 Å². The van der Waals surface area contributed by atoms with Gasteiger partial charge in [-0.1, -0.05) is 30.3 Å². The van der Waals surface area contributed by atoms with E-state index in [-0.39, 0.29) is 43.2 Å². The van der Waals surface area contributed by atoms with Crippen molar-refractivity contribution in [2.45, 2.75) is 42.6 Å². The van der Waals surface area contributed by atoms with Crippen LogP contribution in [0, 0.1) is 5.41 Å². The minimum Gasteiger partial charge on any atom is -0.496 e. The second-order valence-corrected chi connectivity index (χ2v) is 12.5. The van der Waals surface area contributed by atoms with Crippen molar-refractivity contribution in [3.05, 3.63) is 72.6 Å². The third kappa shape index (κ3) is 6.30. The van der Waals surface area contributed by atoms with Gasteiger partial charge in [0.2, 0.25) is 10.0 Å². The monoisotopic (exact) mass is 569 g/mol. The van der Waals surface area contributed by atoms with Crippen molar-refractivity contribution >= 4 is 10.0 Å². The second kappa shape index (κ2) is 11.8. The lowest BCUT2D eigenvalue weighted by Gasteiger charge is -2.37. The third-order valence-corrected chi connectivity index (χ3v) is 9.08. The first-order chi connectivity index (χ1) is 19.2. The van der Waals surface area contributed by atoms with Crippen molar-refractivity contribution in [2.24, 2.45) is 5.41 Å². The van der Waals surface area contributed by atoms with E-state index in [9.17, 15) is 23.7 Å². The van der Waals surface area contributed by atoms with Gasteiger partial charge in [-0.25, -0.2) is 13.1 Å². The standard InChI is InChI=1S/C29H35N3O7S/c1-38-26-7-3-2-5-22(26)16-32-17-23(33)15-31-40(36,37)28-9-8-20(21-6-4-10-30-14-21)11-27(28)39-19-29(18-32)12-24(34)25(35)13-29/h2-11,14,23-25,31,33-35H,12-13,15-19H2,1H3/t23-,24-,25+,29?/m0/s1. The summed E-state index contributed by atoms with van der Waals surface area (Å²) < 4.78 is 41.0. The number of sulfonamides is 1. The van der Waals surface area contributed by atoms with Crippen LogP contribution < -0.4 is 14.2 Å². The predicted molar refractivity (Wildman–Crippen MR) is 148 cm³/mol. The highest BCUT2D eigenvalue weighted by Crippen LogP contribution is 2.41. The molecular formula is C29H35N3O7S. The Bertz CT molecular complexity index is 1410. The lowest BCUT2D eigenvalue weighted by atomic mass is 9.85. The van der Waals surface area contributed by atoms with Crippen LogP contribution in [0.5, 0.6) is 11.5 Å². The van der Waals surface area contributed by atoms with Crippen LogP contribution in [0.25, 0.3) is 11.1 Å². The number of rotatable bonds is 4. The Morgan fingerprint density at radius 1 is 1.07 bits per heavy atom. The normalized spacial score (nSPS) is 27.2. The van der Waals surface area contributed by atoms with Gasteiger partial charge in [0, 0.05) is 55.1 Å². The van der Waals surface area contributed by atoms with E-state index >= 15 is 0 Å². The minimum atomic E-state index is -4.03. The molecule has 2 aliphatic rings. The molecule has 40 heavy (non-hydrogen) atoms. The van der Waals surface area contributed by atoms with Gasteiger partial charge in [0.05, 0.1) is 32.0 Å². The van der Waals surface area contributed by atoms with Crippen LogP contribution in [0.15, 0.2) is 71.9 Å². The second-order valence-electron chi connectivity index (χ2n) is 10.7. The van der Waals surface area contributed by atoms with E-state index in [4.69, 9.17) is 9.47 Å². The van der Waals surface area contributed by atoms with Crippen molar-refractivity contribution in [1.29, 1.82) is 0 Å². The third-order valence-electron chi connectivity index (χ3n) is 7.61. The van der Waals surface area contributed by atoms with Gasteiger partial charge in [0.1, 0.15) is 16.4 Å². The number of hydrogen-bond acceptors (Lipinski definition) is 9. The predicted octanol–water partition coefficient (Wildman–Crippen LogP) is 1.79. The number of nitrogens with one attached hydrogen (secondary N) is 1. The maximum absolute atomic E-state index is 13.4. The molecule has 1 fully saturated rings. The molecule has 1 aliphatic heterocycles. The van der Waals surface area contributed by atoms with Crippen LogP contribution in [-0.4, -0.2) is 85.3 Å². The SMILES string of the molecule is COc1ccccc1CN1C[C@@H](O)CNS(=O)(=O)c2ccc(-c3cccnc3)cc2OCC2(C[C@@H](O)[C@@H](O)C2)C1. The maximum Gasteiger partial charge on any atom is 0.244 e. The van der Waals surface area contributed by atoms with E-state index in [1.165, 1.54) is 6.07 Å². The van der Waals surface area contributed by atoms with Gasteiger partial charge < -0.3 is 24.8 Å². The number of β-amino-alcohol motifs (C(OH)–C–C–N with tert-alkyl or cyclic N) is 1. The first-order valence-electron chi connectivity index (χ1n) is 13.2. The number of hydrogen-bond donors (Lipinski definition) is 4. The van der Waals surface area contributed by atoms with Crippen LogP contribution in [0.4, 0.5) is 0 Å². The molecule has 1 saturated carbocycles. The molecule has 214 valence electrons. The van der Waals surface area contributed by atoms with E-state index in [1.54, 1.807) is 37.7 Å². The summed E-state index contributed by atoms with van der Waals surface area (Å²) >= 11 is 0. The molecule has 1 aliphatic carbocycles. The first kappa shape index (κ1) is 28.5. The Hall–Kier alpha value is -3.06. The van der Waals surface area contributed by atoms with Crippen molar-refractivity contribution < 1.29 is 33.2 Å². The molecule has 10 nitrogen and oxygen atoms in total. The van der Waals surface area contributed by atoms with Crippen molar-refractivity contribution in [3.63, 3.8) is 0 Å². The number of methoxy groups -OCH3 is 1. The smallest absolute Gasteiger partial charge is 0.244 e. The molecule has 1 spiro atoms. The van der Waals surface area contributed by atoms with Crippen LogP contribution in [0.3, 0.4) is 0 Å². The molecule has 4 atom stereocenters. The van der Waals surface area contributed by atoms with Gasteiger partial charge in [-0.3, -0.25) is 9.88 Å². The van der Waals surface area contributed by atoms with Crippen LogP contribution in [-0.2, 0) is 16.6 Å². The number of nitrogens with zero attached hydrogens (tertiary/aromatic N) is 2. The molecule has 5 rings (SSSR count). The quantitative estimate of drug-likeness (QED) is 0.370. The van der Waals surface area contributed by atoms with Gasteiger partial charge in [-0.15, -0.1) is 0 Å². The van der Waals surface area contributed by atoms with Crippen LogP contribution in [0.1, 0.15) is 18.4 Å². The molecule has 3 aromatic rings. The highest BCUT2D eigenvalue weighted by molar-refractivity contribution is 7.89. The molecule has 0 amide bonds. The number of aliphatic hydroxyl groups is 3. The highest BCUT2D eigenvalue weighted by atomic mass is 32.2. The average Bonchev–Trinajstić information content (AvgIpc) is 3.23. The Kier molecular flexibility index (Phi) is 8.41. The van der Waals surface area contributed by atoms with Gasteiger partial charge in [0.15, 0.2) is 0 Å². The van der Waals surface area contributed by atoms with Crippen molar-refractivity contribution in [2.75, 3.05) is 33.4 Å². The van der Waals surface area contributed by atoms with Gasteiger partial charge in [-0.2, -0.15) is 0 Å². The molecule has 0 saturated heterocycles. The molecule has 2 heterocycles. The van der Waals surface area contributed by atoms with Crippen molar-refractivity contribution in [3.8, 4) is 22.6 Å². The summed E-state index contributed by atoms with van der Waals surface area (Å²) in [5.41, 5.74) is 1.71. The number of fused-ring (bicyclic) bond motifs is 1. The average molecular weight is 570 g/mol. The Labute approximate surface area is 234 Å². The fourth-order valence-electron chi connectivity index (χ4n) is 5.70. The molecule has 4 N–H and O–H groups in total. The van der Waals surface area contributed by atoms with E-state index in [2.05, 4.69) is 9.71 Å². The number of aliphatic hydroxyl groups excluding tert-OH is 3. The Morgan fingerprint density at radius 3 is 2.58 bits per heavy atom. The molecule has 1 unspecified atom stereocenters. The Balaban J connectivity index is 1.53. The van der Waals surface area contributed by atoms with Gasteiger partial charge in [-0.05, 0) is 42.7 Å². The van der Waals surface area contributed by atoms with E-state index in [1.807, 2.05) is 35.2 Å². The summed E-state index contributed by atoms with van der Waals surface area (Å²) in [5.74, 6) is 0.841. The Morgan fingerprint density at radius 2 is 1.85 bits per heavy atom. The first-order valence-corrected chi connectivity index (χ1v) is 14.7. The van der Waals surface area contributed by atoms with Gasteiger partial charge in [0.25, 0.3) is 0 Å². The summed E-state index contributed by atoms with van der Waals surface area (Å²) in [6.07, 6.45) is 0.953. The fourth-order valence-corrected chi connectivity index (χ4v) is 6.90. The maximum atomic E-state index is 13.4. The minimum absolute atomic E-state index is 0.0481. The number of ether oxygens (including phenoxy) is 2. The van der Waals surface area contributed by atoms with E-state index < -0.39 is 33.8 Å². The zero-order valence-corrected chi connectivity index (χ0v) is 23.1. The summed E-state index contributed by atoms with van der Waals surface area (Å²) in [4.78, 5) is 6.11. The van der Waals surface area contributed by atoms with Crippen LogP contribution in [0.2, 0.25) is 0 Å². The summed E-state index contributed by atoms with van der Waals surface area (Å²) in [7, 11) is -2.44. The van der Waals surface area contributed by atoms with E-state index in [0.29, 0.717) is 18.8 Å². The van der Waals surface area contributed by atoms with Gasteiger partial charge >= 0.3 is 0 Å². The summed E-state index contributed by atoms with van der Waals surface area (Å²) in [5, 5.41) is 32.1. The molecule has 1 aromatic heterocycles. The number of benzene rings is 2. The molecule has 11 heteroatoms. The zero-order valence-electron chi connectivity index (χ0n) is 22.3. The topological polar surface area (TPSA) is 141 Å². The number of para-hydroxylation sites is 1.